The van der Waals surface area contributed by atoms with Gasteiger partial charge in [0.25, 0.3) is 6.43 Å². The van der Waals surface area contributed by atoms with E-state index in [9.17, 15) is 13.6 Å². The van der Waals surface area contributed by atoms with Gasteiger partial charge in [-0.15, -0.1) is 0 Å². The number of hydroxylamine groups is 1. The number of benzene rings is 1. The molecule has 1 heterocycles. The number of carboxylic acid groups (broad SMARTS) is 1. The third kappa shape index (κ3) is 7.80. The zero-order valence-corrected chi connectivity index (χ0v) is 16.6. The summed E-state index contributed by atoms with van der Waals surface area (Å²) in [5.74, 6) is -1.39. The molecule has 1 unspecified atom stereocenters. The summed E-state index contributed by atoms with van der Waals surface area (Å²) < 4.78 is 25.2. The second kappa shape index (κ2) is 11.2. The summed E-state index contributed by atoms with van der Waals surface area (Å²) in [6.45, 7) is 4.63. The van der Waals surface area contributed by atoms with E-state index in [0.29, 0.717) is 16.7 Å². The van der Waals surface area contributed by atoms with Crippen molar-refractivity contribution < 1.29 is 23.5 Å². The first-order valence-corrected chi connectivity index (χ1v) is 8.77. The summed E-state index contributed by atoms with van der Waals surface area (Å²) in [7, 11) is 1.39. The zero-order valence-electron chi connectivity index (χ0n) is 15.0. The Labute approximate surface area is 166 Å². The van der Waals surface area contributed by atoms with Crippen LogP contribution >= 0.6 is 23.2 Å². The minimum Gasteiger partial charge on any atom is -0.478 e. The van der Waals surface area contributed by atoms with Crippen molar-refractivity contribution in [3.63, 3.8) is 0 Å². The SMILES string of the molecule is CCONC(C)Cc1ccc(Cl)cc1Cl.Cn1cc(C(=O)O)c(C(F)F)n1. The topological polar surface area (TPSA) is 76.4 Å². The van der Waals surface area contributed by atoms with Gasteiger partial charge in [-0.25, -0.2) is 13.6 Å². The van der Waals surface area contributed by atoms with E-state index in [2.05, 4.69) is 10.6 Å². The van der Waals surface area contributed by atoms with E-state index in [4.69, 9.17) is 33.1 Å². The van der Waals surface area contributed by atoms with Crippen molar-refractivity contribution in [2.24, 2.45) is 7.05 Å². The molecule has 0 aliphatic heterocycles. The van der Waals surface area contributed by atoms with Crippen molar-refractivity contribution in [1.29, 1.82) is 0 Å². The van der Waals surface area contributed by atoms with Crippen LogP contribution in [0.3, 0.4) is 0 Å². The number of nitrogens with zero attached hydrogens (tertiary/aromatic N) is 2. The van der Waals surface area contributed by atoms with Crippen LogP contribution in [0.1, 0.15) is 41.9 Å². The number of hydrogen-bond donors (Lipinski definition) is 2. The Hall–Kier alpha value is -1.74. The first kappa shape index (κ1) is 23.3. The first-order valence-electron chi connectivity index (χ1n) is 8.01. The van der Waals surface area contributed by atoms with Crippen molar-refractivity contribution >= 4 is 29.2 Å². The first-order chi connectivity index (χ1) is 12.6. The molecule has 2 rings (SSSR count). The molecular formula is C17H21Cl2F2N3O3. The molecule has 0 aliphatic carbocycles. The summed E-state index contributed by atoms with van der Waals surface area (Å²) in [5.41, 5.74) is 2.86. The highest BCUT2D eigenvalue weighted by molar-refractivity contribution is 6.35. The summed E-state index contributed by atoms with van der Waals surface area (Å²) in [6.07, 6.45) is -0.989. The molecule has 0 radical (unpaired) electrons. The number of carboxylic acids is 1. The maximum Gasteiger partial charge on any atom is 0.339 e. The number of aryl methyl sites for hydroxylation is 1. The van der Waals surface area contributed by atoms with Crippen molar-refractivity contribution in [3.05, 3.63) is 51.3 Å². The van der Waals surface area contributed by atoms with Gasteiger partial charge in [-0.1, -0.05) is 29.3 Å². The van der Waals surface area contributed by atoms with Gasteiger partial charge in [0.2, 0.25) is 0 Å². The lowest BCUT2D eigenvalue weighted by Crippen LogP contribution is -2.28. The van der Waals surface area contributed by atoms with E-state index >= 15 is 0 Å². The lowest BCUT2D eigenvalue weighted by Gasteiger charge is -2.13. The quantitative estimate of drug-likeness (QED) is 0.640. The molecule has 2 aromatic rings. The number of aromatic nitrogens is 2. The predicted molar refractivity (Wildman–Crippen MR) is 99.5 cm³/mol. The summed E-state index contributed by atoms with van der Waals surface area (Å²) >= 11 is 11.9. The third-order valence-corrected chi connectivity index (χ3v) is 3.85. The number of rotatable bonds is 7. The predicted octanol–water partition coefficient (Wildman–Crippen LogP) is 4.52. The molecule has 1 aromatic carbocycles. The Bertz CT molecular complexity index is 757. The maximum atomic E-state index is 12.1. The van der Waals surface area contributed by atoms with Gasteiger partial charge >= 0.3 is 5.97 Å². The molecular weight excluding hydrogens is 403 g/mol. The van der Waals surface area contributed by atoms with Gasteiger partial charge < -0.3 is 9.94 Å². The number of alkyl halides is 2. The number of nitrogens with one attached hydrogen (secondary N) is 1. The van der Waals surface area contributed by atoms with Crippen molar-refractivity contribution in [3.8, 4) is 0 Å². The molecule has 0 fully saturated rings. The van der Waals surface area contributed by atoms with Crippen LogP contribution in [0.15, 0.2) is 24.4 Å². The Kier molecular flexibility index (Phi) is 9.65. The van der Waals surface area contributed by atoms with E-state index in [1.165, 1.54) is 7.05 Å². The molecule has 1 atom stereocenters. The lowest BCUT2D eigenvalue weighted by molar-refractivity contribution is 0.0290. The minimum atomic E-state index is -2.85. The fourth-order valence-electron chi connectivity index (χ4n) is 2.12. The van der Waals surface area contributed by atoms with Crippen LogP contribution in [0, 0.1) is 0 Å². The van der Waals surface area contributed by atoms with Gasteiger partial charge in [0, 0.05) is 29.3 Å². The minimum absolute atomic E-state index is 0.226. The molecule has 2 N–H and O–H groups in total. The Morgan fingerprint density at radius 3 is 2.56 bits per heavy atom. The van der Waals surface area contributed by atoms with Gasteiger partial charge in [-0.3, -0.25) is 4.68 Å². The highest BCUT2D eigenvalue weighted by atomic mass is 35.5. The third-order valence-electron chi connectivity index (χ3n) is 3.26. The second-order valence-electron chi connectivity index (χ2n) is 5.60. The van der Waals surface area contributed by atoms with Gasteiger partial charge in [-0.05, 0) is 38.0 Å². The fourth-order valence-corrected chi connectivity index (χ4v) is 2.60. The van der Waals surface area contributed by atoms with E-state index in [0.717, 1.165) is 22.9 Å². The van der Waals surface area contributed by atoms with Gasteiger partial charge in [0.15, 0.2) is 0 Å². The van der Waals surface area contributed by atoms with E-state index in [1.54, 1.807) is 6.07 Å². The van der Waals surface area contributed by atoms with Crippen molar-refractivity contribution in [2.45, 2.75) is 32.7 Å². The monoisotopic (exact) mass is 423 g/mol. The number of halogens is 4. The van der Waals surface area contributed by atoms with Crippen LogP contribution in [0.5, 0.6) is 0 Å². The van der Waals surface area contributed by atoms with Gasteiger partial charge in [0.1, 0.15) is 11.3 Å². The van der Waals surface area contributed by atoms with E-state index in [1.807, 2.05) is 26.0 Å². The number of aromatic carboxylic acids is 1. The molecule has 0 aliphatic rings. The van der Waals surface area contributed by atoms with Crippen LogP contribution in [-0.2, 0) is 18.3 Å². The zero-order chi connectivity index (χ0) is 20.6. The average molecular weight is 424 g/mol. The smallest absolute Gasteiger partial charge is 0.339 e. The number of carbonyl (C=O) groups is 1. The molecule has 0 bridgehead atoms. The molecule has 0 spiro atoms. The van der Waals surface area contributed by atoms with Crippen LogP contribution in [0.25, 0.3) is 0 Å². The fraction of sp³-hybridized carbons (Fsp3) is 0.412. The molecule has 27 heavy (non-hydrogen) atoms. The molecule has 10 heteroatoms. The average Bonchev–Trinajstić information content (AvgIpc) is 2.99. The summed E-state index contributed by atoms with van der Waals surface area (Å²) in [5, 5.41) is 13.1. The molecule has 0 saturated carbocycles. The van der Waals surface area contributed by atoms with Crippen molar-refractivity contribution in [1.82, 2.24) is 15.3 Å². The molecule has 150 valence electrons. The highest BCUT2D eigenvalue weighted by Crippen LogP contribution is 2.22. The standard InChI is InChI=1S/C11H15Cl2NO.C6H6F2N2O2/c1-3-15-14-8(2)6-9-4-5-10(12)7-11(9)13;1-10-2-3(6(11)12)4(9-10)5(7)8/h4-5,7-8,14H,3,6H2,1-2H3;2,5H,1H3,(H,11,12). The highest BCUT2D eigenvalue weighted by Gasteiger charge is 2.21. The Morgan fingerprint density at radius 2 is 2.07 bits per heavy atom. The van der Waals surface area contributed by atoms with Crippen LogP contribution in [0.2, 0.25) is 10.0 Å². The lowest BCUT2D eigenvalue weighted by atomic mass is 10.1. The van der Waals surface area contributed by atoms with Crippen molar-refractivity contribution in [2.75, 3.05) is 6.61 Å². The summed E-state index contributed by atoms with van der Waals surface area (Å²) in [4.78, 5) is 15.5. The van der Waals surface area contributed by atoms with E-state index < -0.39 is 23.7 Å². The van der Waals surface area contributed by atoms with E-state index in [-0.39, 0.29) is 6.04 Å². The molecule has 0 amide bonds. The van der Waals surface area contributed by atoms with Crippen LogP contribution in [0.4, 0.5) is 8.78 Å². The van der Waals surface area contributed by atoms with Gasteiger partial charge in [-0.2, -0.15) is 10.6 Å². The Morgan fingerprint density at radius 1 is 1.41 bits per heavy atom. The molecule has 1 aromatic heterocycles. The maximum absolute atomic E-state index is 12.1. The molecule has 0 saturated heterocycles. The molecule has 6 nitrogen and oxygen atoms in total. The number of hydrogen-bond acceptors (Lipinski definition) is 4. The van der Waals surface area contributed by atoms with Crippen LogP contribution in [-0.4, -0.2) is 33.5 Å². The van der Waals surface area contributed by atoms with Crippen LogP contribution < -0.4 is 5.48 Å². The Balaban J connectivity index is 0.000000277. The second-order valence-corrected chi connectivity index (χ2v) is 6.44. The largest absolute Gasteiger partial charge is 0.478 e. The van der Waals surface area contributed by atoms with Gasteiger partial charge in [0.05, 0.1) is 6.61 Å². The summed E-state index contributed by atoms with van der Waals surface area (Å²) in [6, 6.07) is 5.76. The normalized spacial score (nSPS) is 11.9.